The van der Waals surface area contributed by atoms with Crippen molar-refractivity contribution in [2.45, 2.75) is 33.3 Å². The third-order valence-corrected chi connectivity index (χ3v) is 3.50. The van der Waals surface area contributed by atoms with Crippen LogP contribution in [-0.4, -0.2) is 80.4 Å². The molecule has 0 aliphatic carbocycles. The summed E-state index contributed by atoms with van der Waals surface area (Å²) in [6, 6.07) is 0. The van der Waals surface area contributed by atoms with E-state index in [1.807, 2.05) is 20.8 Å². The molecule has 0 spiro atoms. The molecule has 0 saturated carbocycles. The minimum absolute atomic E-state index is 0.0680. The van der Waals surface area contributed by atoms with Gasteiger partial charge in [-0.05, 0) is 26.7 Å². The fourth-order valence-corrected chi connectivity index (χ4v) is 2.35. The number of rotatable bonds is 6. The summed E-state index contributed by atoms with van der Waals surface area (Å²) < 4.78 is 10.4. The number of carbonyl (C=O) groups is 2. The van der Waals surface area contributed by atoms with Gasteiger partial charge in [-0.3, -0.25) is 4.79 Å². The summed E-state index contributed by atoms with van der Waals surface area (Å²) in [6.45, 7) is 11.5. The first kappa shape index (κ1) is 19.7. The Bertz CT molecular complexity index is 387. The van der Waals surface area contributed by atoms with Crippen LogP contribution < -0.4 is 5.32 Å². The maximum atomic E-state index is 12.1. The molecule has 2 amide bonds. The number of methoxy groups -OCH3 is 1. The summed E-state index contributed by atoms with van der Waals surface area (Å²) >= 11 is 0. The van der Waals surface area contributed by atoms with E-state index in [2.05, 4.69) is 12.2 Å². The minimum Gasteiger partial charge on any atom is -0.444 e. The van der Waals surface area contributed by atoms with Crippen LogP contribution in [0.1, 0.15) is 27.7 Å². The Hall–Kier alpha value is -1.34. The molecule has 7 heteroatoms. The van der Waals surface area contributed by atoms with Crippen molar-refractivity contribution in [3.63, 3.8) is 0 Å². The van der Waals surface area contributed by atoms with E-state index in [4.69, 9.17) is 9.47 Å². The SMILES string of the molecule is COCC(C)CNCC(=O)N1CCN(C(=O)OC(C)(C)C)CC1. The molecule has 1 fully saturated rings. The van der Waals surface area contributed by atoms with Crippen LogP contribution in [0.2, 0.25) is 0 Å². The molecule has 0 radical (unpaired) electrons. The van der Waals surface area contributed by atoms with Crippen molar-refractivity contribution >= 4 is 12.0 Å². The molecule has 0 aromatic heterocycles. The first-order chi connectivity index (χ1) is 10.7. The zero-order chi connectivity index (χ0) is 17.5. The van der Waals surface area contributed by atoms with Crippen molar-refractivity contribution < 1.29 is 19.1 Å². The number of nitrogens with zero attached hydrogens (tertiary/aromatic N) is 2. The van der Waals surface area contributed by atoms with Gasteiger partial charge in [-0.2, -0.15) is 0 Å². The van der Waals surface area contributed by atoms with E-state index in [9.17, 15) is 9.59 Å². The summed E-state index contributed by atoms with van der Waals surface area (Å²) in [7, 11) is 1.67. The average Bonchev–Trinajstić information content (AvgIpc) is 2.46. The van der Waals surface area contributed by atoms with Crippen LogP contribution in [0.25, 0.3) is 0 Å². The predicted molar refractivity (Wildman–Crippen MR) is 88.3 cm³/mol. The monoisotopic (exact) mass is 329 g/mol. The van der Waals surface area contributed by atoms with Gasteiger partial charge >= 0.3 is 6.09 Å². The smallest absolute Gasteiger partial charge is 0.410 e. The normalized spacial score (nSPS) is 17.1. The van der Waals surface area contributed by atoms with Crippen LogP contribution >= 0.6 is 0 Å². The third-order valence-electron chi connectivity index (χ3n) is 3.50. The van der Waals surface area contributed by atoms with Gasteiger partial charge in [0.1, 0.15) is 5.60 Å². The number of piperazine rings is 1. The number of amides is 2. The quantitative estimate of drug-likeness (QED) is 0.785. The Morgan fingerprint density at radius 3 is 2.22 bits per heavy atom. The molecule has 1 saturated heterocycles. The Morgan fingerprint density at radius 1 is 1.13 bits per heavy atom. The molecule has 0 aromatic rings. The molecule has 1 aliphatic heterocycles. The number of nitrogens with one attached hydrogen (secondary N) is 1. The largest absolute Gasteiger partial charge is 0.444 e. The maximum Gasteiger partial charge on any atom is 0.410 e. The molecular weight excluding hydrogens is 298 g/mol. The van der Waals surface area contributed by atoms with E-state index in [-0.39, 0.29) is 12.0 Å². The van der Waals surface area contributed by atoms with Gasteiger partial charge in [-0.1, -0.05) is 6.92 Å². The molecule has 1 heterocycles. The first-order valence-electron chi connectivity index (χ1n) is 8.18. The highest BCUT2D eigenvalue weighted by Crippen LogP contribution is 2.11. The first-order valence-corrected chi connectivity index (χ1v) is 8.18. The minimum atomic E-state index is -0.493. The summed E-state index contributed by atoms with van der Waals surface area (Å²) in [4.78, 5) is 27.6. The zero-order valence-corrected chi connectivity index (χ0v) is 15.1. The molecule has 134 valence electrons. The second-order valence-corrected chi connectivity index (χ2v) is 7.04. The Balaban J connectivity index is 2.27. The Labute approximate surface area is 139 Å². The van der Waals surface area contributed by atoms with Gasteiger partial charge in [0.2, 0.25) is 5.91 Å². The lowest BCUT2D eigenvalue weighted by Crippen LogP contribution is -2.53. The van der Waals surface area contributed by atoms with Crippen LogP contribution in [-0.2, 0) is 14.3 Å². The second kappa shape index (κ2) is 9.08. The Morgan fingerprint density at radius 2 is 1.70 bits per heavy atom. The molecular formula is C16H31N3O4. The van der Waals surface area contributed by atoms with Crippen LogP contribution in [0.3, 0.4) is 0 Å². The van der Waals surface area contributed by atoms with Gasteiger partial charge in [0.05, 0.1) is 6.54 Å². The van der Waals surface area contributed by atoms with Gasteiger partial charge in [0.25, 0.3) is 0 Å². The van der Waals surface area contributed by atoms with E-state index < -0.39 is 5.60 Å². The number of carbonyl (C=O) groups excluding carboxylic acids is 2. The van der Waals surface area contributed by atoms with Gasteiger partial charge < -0.3 is 24.6 Å². The molecule has 23 heavy (non-hydrogen) atoms. The molecule has 0 bridgehead atoms. The van der Waals surface area contributed by atoms with Gasteiger partial charge in [-0.25, -0.2) is 4.79 Å². The lowest BCUT2D eigenvalue weighted by atomic mass is 10.2. The van der Waals surface area contributed by atoms with Gasteiger partial charge in [0, 0.05) is 46.4 Å². The highest BCUT2D eigenvalue weighted by molar-refractivity contribution is 5.78. The number of hydrogen-bond donors (Lipinski definition) is 1. The molecule has 1 rings (SSSR count). The molecule has 1 aliphatic rings. The van der Waals surface area contributed by atoms with Gasteiger partial charge in [0.15, 0.2) is 0 Å². The van der Waals surface area contributed by atoms with Crippen LogP contribution in [0.4, 0.5) is 4.79 Å². The topological polar surface area (TPSA) is 71.1 Å². The van der Waals surface area contributed by atoms with Crippen molar-refractivity contribution in [1.29, 1.82) is 0 Å². The third kappa shape index (κ3) is 7.65. The fourth-order valence-electron chi connectivity index (χ4n) is 2.35. The fraction of sp³-hybridized carbons (Fsp3) is 0.875. The van der Waals surface area contributed by atoms with Crippen molar-refractivity contribution in [1.82, 2.24) is 15.1 Å². The Kier molecular flexibility index (Phi) is 7.78. The molecule has 1 atom stereocenters. The van der Waals surface area contributed by atoms with E-state index in [0.717, 1.165) is 6.54 Å². The average molecular weight is 329 g/mol. The van der Waals surface area contributed by atoms with Crippen molar-refractivity contribution in [2.75, 3.05) is 53.0 Å². The van der Waals surface area contributed by atoms with Crippen molar-refractivity contribution in [3.8, 4) is 0 Å². The lowest BCUT2D eigenvalue weighted by molar-refractivity contribution is -0.132. The van der Waals surface area contributed by atoms with E-state index in [1.165, 1.54) is 0 Å². The number of hydrogen-bond acceptors (Lipinski definition) is 5. The number of ether oxygens (including phenoxy) is 2. The summed E-state index contributed by atoms with van der Waals surface area (Å²) in [5.41, 5.74) is -0.493. The molecule has 1 N–H and O–H groups in total. The molecule has 0 aromatic carbocycles. The second-order valence-electron chi connectivity index (χ2n) is 7.04. The van der Waals surface area contributed by atoms with Crippen molar-refractivity contribution in [2.24, 2.45) is 5.92 Å². The predicted octanol–water partition coefficient (Wildman–Crippen LogP) is 0.938. The summed E-state index contributed by atoms with van der Waals surface area (Å²) in [5.74, 6) is 0.440. The van der Waals surface area contributed by atoms with Crippen LogP contribution in [0.15, 0.2) is 0 Å². The zero-order valence-electron chi connectivity index (χ0n) is 15.1. The van der Waals surface area contributed by atoms with Gasteiger partial charge in [-0.15, -0.1) is 0 Å². The summed E-state index contributed by atoms with van der Waals surface area (Å²) in [6.07, 6.45) is -0.309. The van der Waals surface area contributed by atoms with E-state index in [0.29, 0.717) is 45.2 Å². The highest BCUT2D eigenvalue weighted by atomic mass is 16.6. The lowest BCUT2D eigenvalue weighted by Gasteiger charge is -2.35. The standard InChI is InChI=1S/C16H31N3O4/c1-13(12-22-5)10-17-11-14(20)18-6-8-19(9-7-18)15(21)23-16(2,3)4/h13,17H,6-12H2,1-5H3. The van der Waals surface area contributed by atoms with Crippen LogP contribution in [0, 0.1) is 5.92 Å². The molecule has 1 unspecified atom stereocenters. The van der Waals surface area contributed by atoms with Crippen LogP contribution in [0.5, 0.6) is 0 Å². The maximum absolute atomic E-state index is 12.1. The van der Waals surface area contributed by atoms with E-state index in [1.54, 1.807) is 16.9 Å². The van der Waals surface area contributed by atoms with E-state index >= 15 is 0 Å². The highest BCUT2D eigenvalue weighted by Gasteiger charge is 2.27. The molecule has 7 nitrogen and oxygen atoms in total. The van der Waals surface area contributed by atoms with Crippen molar-refractivity contribution in [3.05, 3.63) is 0 Å². The summed E-state index contributed by atoms with van der Waals surface area (Å²) in [5, 5.41) is 3.16.